The van der Waals surface area contributed by atoms with E-state index in [0.717, 1.165) is 12.1 Å². The van der Waals surface area contributed by atoms with E-state index in [1.54, 1.807) is 12.1 Å². The molecule has 0 saturated carbocycles. The fourth-order valence-corrected chi connectivity index (χ4v) is 2.73. The van der Waals surface area contributed by atoms with Gasteiger partial charge in [0.25, 0.3) is 6.43 Å². The normalized spacial score (nSPS) is 23.4. The number of carboxylic acids is 1. The van der Waals surface area contributed by atoms with E-state index < -0.39 is 17.8 Å². The summed E-state index contributed by atoms with van der Waals surface area (Å²) in [5.41, 5.74) is 0.304. The molecule has 1 N–H and O–H groups in total. The topological polar surface area (TPSA) is 40.5 Å². The molecule has 0 bridgehead atoms. The summed E-state index contributed by atoms with van der Waals surface area (Å²) in [7, 11) is 0. The first-order valence-corrected chi connectivity index (χ1v) is 6.79. The highest BCUT2D eigenvalue weighted by Gasteiger charge is 2.42. The number of hydrogen-bond donors (Lipinski definition) is 1. The molecule has 0 amide bonds. The molecule has 0 aromatic heterocycles. The van der Waals surface area contributed by atoms with Crippen molar-refractivity contribution in [3.8, 4) is 0 Å². The maximum Gasteiger partial charge on any atom is 0.310 e. The van der Waals surface area contributed by atoms with Gasteiger partial charge in [-0.25, -0.2) is 8.78 Å². The van der Waals surface area contributed by atoms with Crippen LogP contribution in [0.25, 0.3) is 0 Å². The van der Waals surface area contributed by atoms with Crippen LogP contribution in [0, 0.1) is 5.41 Å². The molecule has 20 heavy (non-hydrogen) atoms. The third-order valence-corrected chi connectivity index (χ3v) is 4.20. The molecule has 0 spiro atoms. The lowest BCUT2D eigenvalue weighted by Crippen LogP contribution is -2.33. The van der Waals surface area contributed by atoms with Gasteiger partial charge in [-0.3, -0.25) is 9.69 Å². The number of rotatable bonds is 5. The average molecular weight is 283 g/mol. The molecule has 110 valence electrons. The lowest BCUT2D eigenvalue weighted by atomic mass is 9.84. The first-order valence-electron chi connectivity index (χ1n) is 6.79. The molecule has 0 radical (unpaired) electrons. The number of carbonyl (C=O) groups is 1. The highest BCUT2D eigenvalue weighted by Crippen LogP contribution is 2.34. The molecule has 1 fully saturated rings. The zero-order valence-corrected chi connectivity index (χ0v) is 11.5. The van der Waals surface area contributed by atoms with Crippen LogP contribution in [0.1, 0.15) is 37.3 Å². The van der Waals surface area contributed by atoms with Crippen molar-refractivity contribution < 1.29 is 18.7 Å². The molecule has 0 aliphatic carbocycles. The Labute approximate surface area is 117 Å². The van der Waals surface area contributed by atoms with Gasteiger partial charge in [-0.05, 0) is 24.9 Å². The van der Waals surface area contributed by atoms with Crippen LogP contribution in [-0.2, 0) is 11.3 Å². The van der Waals surface area contributed by atoms with Crippen molar-refractivity contribution >= 4 is 5.97 Å². The molecular weight excluding hydrogens is 264 g/mol. The molecule has 2 rings (SSSR count). The fourth-order valence-electron chi connectivity index (χ4n) is 2.73. The van der Waals surface area contributed by atoms with E-state index in [1.807, 2.05) is 6.92 Å². The SMILES string of the molecule is CCC1(C(=O)O)CCN(Cc2ccc(C(F)F)cc2)C1. The van der Waals surface area contributed by atoms with E-state index >= 15 is 0 Å². The van der Waals surface area contributed by atoms with Crippen LogP contribution in [0.4, 0.5) is 8.78 Å². The first kappa shape index (κ1) is 14.9. The van der Waals surface area contributed by atoms with Gasteiger partial charge in [0.1, 0.15) is 0 Å². The van der Waals surface area contributed by atoms with Crippen LogP contribution in [0.3, 0.4) is 0 Å². The quantitative estimate of drug-likeness (QED) is 0.901. The second-order valence-corrected chi connectivity index (χ2v) is 5.44. The minimum atomic E-state index is -2.45. The van der Waals surface area contributed by atoms with E-state index in [-0.39, 0.29) is 5.56 Å². The Morgan fingerprint density at radius 1 is 1.40 bits per heavy atom. The molecule has 3 nitrogen and oxygen atoms in total. The molecule has 5 heteroatoms. The van der Waals surface area contributed by atoms with E-state index in [4.69, 9.17) is 0 Å². The number of nitrogens with zero attached hydrogens (tertiary/aromatic N) is 1. The number of aliphatic carboxylic acids is 1. The van der Waals surface area contributed by atoms with Crippen LogP contribution in [0.5, 0.6) is 0 Å². The van der Waals surface area contributed by atoms with Crippen molar-refractivity contribution in [1.29, 1.82) is 0 Å². The van der Waals surface area contributed by atoms with E-state index in [9.17, 15) is 18.7 Å². The number of benzene rings is 1. The Morgan fingerprint density at radius 2 is 2.05 bits per heavy atom. The van der Waals surface area contributed by atoms with Gasteiger partial charge in [0.15, 0.2) is 0 Å². The lowest BCUT2D eigenvalue weighted by molar-refractivity contribution is -0.148. The van der Waals surface area contributed by atoms with Gasteiger partial charge in [0.05, 0.1) is 5.41 Å². The number of alkyl halides is 2. The van der Waals surface area contributed by atoms with Gasteiger partial charge < -0.3 is 5.11 Å². The van der Waals surface area contributed by atoms with E-state index in [2.05, 4.69) is 4.90 Å². The van der Waals surface area contributed by atoms with Gasteiger partial charge in [-0.15, -0.1) is 0 Å². The Kier molecular flexibility index (Phi) is 4.38. The molecule has 1 aliphatic rings. The summed E-state index contributed by atoms with van der Waals surface area (Å²) >= 11 is 0. The summed E-state index contributed by atoms with van der Waals surface area (Å²) in [6.07, 6.45) is -1.19. The molecule has 1 saturated heterocycles. The van der Waals surface area contributed by atoms with E-state index in [1.165, 1.54) is 12.1 Å². The zero-order chi connectivity index (χ0) is 14.8. The van der Waals surface area contributed by atoms with Crippen molar-refractivity contribution in [1.82, 2.24) is 4.90 Å². The number of carboxylic acid groups (broad SMARTS) is 1. The molecule has 1 unspecified atom stereocenters. The molecule has 1 aromatic rings. The Morgan fingerprint density at radius 3 is 2.50 bits per heavy atom. The Bertz CT molecular complexity index is 475. The largest absolute Gasteiger partial charge is 0.481 e. The fraction of sp³-hybridized carbons (Fsp3) is 0.533. The van der Waals surface area contributed by atoms with Crippen molar-refractivity contribution in [2.24, 2.45) is 5.41 Å². The molecular formula is C15H19F2NO2. The number of hydrogen-bond acceptors (Lipinski definition) is 2. The number of halogens is 2. The maximum atomic E-state index is 12.5. The predicted molar refractivity (Wildman–Crippen MR) is 71.7 cm³/mol. The van der Waals surface area contributed by atoms with Gasteiger partial charge in [0, 0.05) is 18.7 Å². The van der Waals surface area contributed by atoms with Crippen molar-refractivity contribution in [2.45, 2.75) is 32.7 Å². The van der Waals surface area contributed by atoms with Crippen molar-refractivity contribution in [3.05, 3.63) is 35.4 Å². The summed E-state index contributed by atoms with van der Waals surface area (Å²) in [4.78, 5) is 13.4. The van der Waals surface area contributed by atoms with Crippen LogP contribution in [-0.4, -0.2) is 29.1 Å². The summed E-state index contributed by atoms with van der Waals surface area (Å²) in [6, 6.07) is 6.24. The summed E-state index contributed by atoms with van der Waals surface area (Å²) < 4.78 is 24.9. The average Bonchev–Trinajstić information content (AvgIpc) is 2.84. The summed E-state index contributed by atoms with van der Waals surface area (Å²) in [5, 5.41) is 9.34. The van der Waals surface area contributed by atoms with E-state index in [0.29, 0.717) is 25.9 Å². The van der Waals surface area contributed by atoms with Gasteiger partial charge in [-0.2, -0.15) is 0 Å². The summed E-state index contributed by atoms with van der Waals surface area (Å²) in [6.45, 7) is 3.76. The van der Waals surface area contributed by atoms with Crippen LogP contribution < -0.4 is 0 Å². The van der Waals surface area contributed by atoms with Crippen LogP contribution >= 0.6 is 0 Å². The third kappa shape index (κ3) is 2.98. The molecule has 1 heterocycles. The monoisotopic (exact) mass is 283 g/mol. The standard InChI is InChI=1S/C15H19F2NO2/c1-2-15(14(19)20)7-8-18(10-15)9-11-3-5-12(6-4-11)13(16)17/h3-6,13H,2,7-10H2,1H3,(H,19,20). The third-order valence-electron chi connectivity index (χ3n) is 4.20. The smallest absolute Gasteiger partial charge is 0.310 e. The Hall–Kier alpha value is -1.49. The molecule has 1 aliphatic heterocycles. The van der Waals surface area contributed by atoms with Gasteiger partial charge in [0.2, 0.25) is 0 Å². The first-order chi connectivity index (χ1) is 9.47. The van der Waals surface area contributed by atoms with Crippen molar-refractivity contribution in [2.75, 3.05) is 13.1 Å². The van der Waals surface area contributed by atoms with Gasteiger partial charge in [-0.1, -0.05) is 31.2 Å². The molecule has 1 aromatic carbocycles. The Balaban J connectivity index is 2.00. The molecule has 1 atom stereocenters. The van der Waals surface area contributed by atoms with Crippen molar-refractivity contribution in [3.63, 3.8) is 0 Å². The predicted octanol–water partition coefficient (Wildman–Crippen LogP) is 3.31. The van der Waals surface area contributed by atoms with Crippen LogP contribution in [0.15, 0.2) is 24.3 Å². The zero-order valence-electron chi connectivity index (χ0n) is 11.5. The second-order valence-electron chi connectivity index (χ2n) is 5.44. The minimum Gasteiger partial charge on any atom is -0.481 e. The lowest BCUT2D eigenvalue weighted by Gasteiger charge is -2.23. The highest BCUT2D eigenvalue weighted by molar-refractivity contribution is 5.75. The minimum absolute atomic E-state index is 0.0172. The number of likely N-dealkylation sites (tertiary alicyclic amines) is 1. The van der Waals surface area contributed by atoms with Crippen LogP contribution in [0.2, 0.25) is 0 Å². The summed E-state index contributed by atoms with van der Waals surface area (Å²) in [5.74, 6) is -0.740. The highest BCUT2D eigenvalue weighted by atomic mass is 19.3. The maximum absolute atomic E-state index is 12.5. The van der Waals surface area contributed by atoms with Gasteiger partial charge >= 0.3 is 5.97 Å². The second kappa shape index (κ2) is 5.87.